The van der Waals surface area contributed by atoms with Crippen LogP contribution in [-0.4, -0.2) is 15.6 Å². The molecule has 0 N–H and O–H groups in total. The highest BCUT2D eigenvalue weighted by Gasteiger charge is 2.48. The number of nitrogens with zero attached hydrogens (tertiary/aromatic N) is 3. The highest BCUT2D eigenvalue weighted by atomic mass is 16.1. The molecule has 0 aromatic carbocycles. The molecule has 1 aliphatic rings. The van der Waals surface area contributed by atoms with Crippen molar-refractivity contribution in [3.8, 4) is 6.07 Å². The molecule has 0 unspecified atom stereocenters. The zero-order valence-corrected chi connectivity index (χ0v) is 10.7. The van der Waals surface area contributed by atoms with Crippen LogP contribution in [0.25, 0.3) is 0 Å². The first-order valence-corrected chi connectivity index (χ1v) is 5.76. The van der Waals surface area contributed by atoms with Crippen LogP contribution in [0.5, 0.6) is 0 Å². The van der Waals surface area contributed by atoms with Gasteiger partial charge in [0, 0.05) is 37.1 Å². The summed E-state index contributed by atoms with van der Waals surface area (Å²) in [6.45, 7) is 6.22. The first-order valence-electron chi connectivity index (χ1n) is 5.76. The zero-order valence-electron chi connectivity index (χ0n) is 10.7. The summed E-state index contributed by atoms with van der Waals surface area (Å²) in [5.41, 5.74) is 1.11. The Labute approximate surface area is 101 Å². The van der Waals surface area contributed by atoms with Crippen LogP contribution < -0.4 is 0 Å². The van der Waals surface area contributed by atoms with Crippen molar-refractivity contribution in [3.63, 3.8) is 0 Å². The molecule has 1 aliphatic carbocycles. The number of nitriles is 1. The number of aromatic nitrogens is 2. The van der Waals surface area contributed by atoms with Gasteiger partial charge in [-0.2, -0.15) is 10.4 Å². The molecule has 4 heteroatoms. The third kappa shape index (κ3) is 1.76. The maximum Gasteiger partial charge on any atom is 0.136 e. The molecule has 1 aromatic heterocycles. The maximum absolute atomic E-state index is 11.2. The Balaban J connectivity index is 2.53. The van der Waals surface area contributed by atoms with Crippen molar-refractivity contribution in [2.45, 2.75) is 44.4 Å². The van der Waals surface area contributed by atoms with Crippen molar-refractivity contribution in [1.82, 2.24) is 9.78 Å². The molecule has 0 radical (unpaired) electrons. The smallest absolute Gasteiger partial charge is 0.136 e. The minimum absolute atomic E-state index is 0.112. The molecule has 4 nitrogen and oxygen atoms in total. The Bertz CT molecular complexity index is 506. The summed E-state index contributed by atoms with van der Waals surface area (Å²) in [4.78, 5) is 11.2. The van der Waals surface area contributed by atoms with E-state index in [4.69, 9.17) is 0 Å². The largest absolute Gasteiger partial charge is 0.300 e. The fourth-order valence-corrected chi connectivity index (χ4v) is 2.34. The van der Waals surface area contributed by atoms with Crippen molar-refractivity contribution < 1.29 is 4.79 Å². The molecule has 1 heterocycles. The Kier molecular flexibility index (Phi) is 2.39. The van der Waals surface area contributed by atoms with Gasteiger partial charge in [-0.1, -0.05) is 20.8 Å². The summed E-state index contributed by atoms with van der Waals surface area (Å²) in [7, 11) is 1.85. The molecule has 1 saturated carbocycles. The topological polar surface area (TPSA) is 58.7 Å². The van der Waals surface area contributed by atoms with Gasteiger partial charge in [-0.05, 0) is 0 Å². The van der Waals surface area contributed by atoms with Crippen LogP contribution in [-0.2, 0) is 22.7 Å². The zero-order chi connectivity index (χ0) is 12.8. The molecule has 0 atom stereocenters. The summed E-state index contributed by atoms with van der Waals surface area (Å²) < 4.78 is 1.73. The molecule has 1 aromatic rings. The molecule has 90 valence electrons. The second-order valence-corrected chi connectivity index (χ2v) is 5.90. The van der Waals surface area contributed by atoms with Gasteiger partial charge >= 0.3 is 0 Å². The number of Topliss-reactive ketones (excluding diaryl/α,β-unsaturated/α-hetero) is 1. The Morgan fingerprint density at radius 1 is 1.47 bits per heavy atom. The second-order valence-electron chi connectivity index (χ2n) is 5.90. The van der Waals surface area contributed by atoms with E-state index in [0.717, 1.165) is 11.3 Å². The molecular formula is C13H17N3O. The molecule has 0 amide bonds. The van der Waals surface area contributed by atoms with Crippen molar-refractivity contribution in [2.75, 3.05) is 0 Å². The van der Waals surface area contributed by atoms with Gasteiger partial charge in [-0.25, -0.2) is 0 Å². The molecular weight excluding hydrogens is 214 g/mol. The van der Waals surface area contributed by atoms with Crippen LogP contribution in [0.2, 0.25) is 0 Å². The van der Waals surface area contributed by atoms with Gasteiger partial charge < -0.3 is 0 Å². The third-order valence-corrected chi connectivity index (χ3v) is 3.27. The summed E-state index contributed by atoms with van der Waals surface area (Å²) in [6.07, 6.45) is 2.55. The number of carbonyl (C=O) groups excluding carboxylic acids is 1. The van der Waals surface area contributed by atoms with Crippen LogP contribution in [0.1, 0.15) is 44.9 Å². The SMILES string of the molecule is Cn1cc(C2(C#N)CC(=O)C2)c(C(C)(C)C)n1. The van der Waals surface area contributed by atoms with Crippen molar-refractivity contribution in [3.05, 3.63) is 17.5 Å². The summed E-state index contributed by atoms with van der Waals surface area (Å²) >= 11 is 0. The van der Waals surface area contributed by atoms with E-state index in [1.165, 1.54) is 0 Å². The van der Waals surface area contributed by atoms with E-state index in [2.05, 4.69) is 31.9 Å². The normalized spacial score (nSPS) is 18.6. The van der Waals surface area contributed by atoms with E-state index in [1.807, 2.05) is 13.2 Å². The van der Waals surface area contributed by atoms with Crippen LogP contribution >= 0.6 is 0 Å². The van der Waals surface area contributed by atoms with Crippen LogP contribution in [0, 0.1) is 11.3 Å². The highest BCUT2D eigenvalue weighted by Crippen LogP contribution is 2.44. The second kappa shape index (κ2) is 3.43. The van der Waals surface area contributed by atoms with Gasteiger partial charge in [0.25, 0.3) is 0 Å². The fraction of sp³-hybridized carbons (Fsp3) is 0.615. The number of carbonyl (C=O) groups is 1. The highest BCUT2D eigenvalue weighted by molar-refractivity contribution is 5.90. The predicted octanol–water partition coefficient (Wildman–Crippen LogP) is 1.84. The minimum Gasteiger partial charge on any atom is -0.300 e. The lowest BCUT2D eigenvalue weighted by molar-refractivity contribution is -0.126. The molecule has 2 rings (SSSR count). The Morgan fingerprint density at radius 2 is 2.06 bits per heavy atom. The third-order valence-electron chi connectivity index (χ3n) is 3.27. The molecule has 0 spiro atoms. The average molecular weight is 231 g/mol. The maximum atomic E-state index is 11.2. The lowest BCUT2D eigenvalue weighted by atomic mass is 9.63. The monoisotopic (exact) mass is 231 g/mol. The quantitative estimate of drug-likeness (QED) is 0.741. The number of hydrogen-bond donors (Lipinski definition) is 0. The molecule has 0 bridgehead atoms. The van der Waals surface area contributed by atoms with E-state index >= 15 is 0 Å². The van der Waals surface area contributed by atoms with E-state index in [0.29, 0.717) is 12.8 Å². The number of hydrogen-bond acceptors (Lipinski definition) is 3. The average Bonchev–Trinajstić information content (AvgIpc) is 2.55. The number of aryl methyl sites for hydroxylation is 1. The first kappa shape index (κ1) is 11.8. The summed E-state index contributed by atoms with van der Waals surface area (Å²) in [5, 5.41) is 13.8. The lowest BCUT2D eigenvalue weighted by Crippen LogP contribution is -2.41. The molecule has 17 heavy (non-hydrogen) atoms. The van der Waals surface area contributed by atoms with E-state index in [-0.39, 0.29) is 11.2 Å². The van der Waals surface area contributed by atoms with Crippen LogP contribution in [0.3, 0.4) is 0 Å². The lowest BCUT2D eigenvalue weighted by Gasteiger charge is -2.35. The number of rotatable bonds is 1. The van der Waals surface area contributed by atoms with Gasteiger partial charge in [0.15, 0.2) is 0 Å². The van der Waals surface area contributed by atoms with E-state index in [9.17, 15) is 10.1 Å². The minimum atomic E-state index is -0.631. The molecule has 1 fully saturated rings. The van der Waals surface area contributed by atoms with Crippen molar-refractivity contribution >= 4 is 5.78 Å². The Morgan fingerprint density at radius 3 is 2.47 bits per heavy atom. The standard InChI is InChI=1S/C13H17N3O/c1-12(2,3)11-10(7-16(4)15-11)13(8-14)5-9(17)6-13/h7H,5-6H2,1-4H3. The summed E-state index contributed by atoms with van der Waals surface area (Å²) in [5.74, 6) is 0.162. The van der Waals surface area contributed by atoms with Gasteiger partial charge in [0.1, 0.15) is 5.78 Å². The van der Waals surface area contributed by atoms with Crippen LogP contribution in [0.4, 0.5) is 0 Å². The number of ketones is 1. The van der Waals surface area contributed by atoms with Crippen molar-refractivity contribution in [2.24, 2.45) is 7.05 Å². The van der Waals surface area contributed by atoms with Gasteiger partial charge in [-0.15, -0.1) is 0 Å². The van der Waals surface area contributed by atoms with Crippen LogP contribution in [0.15, 0.2) is 6.20 Å². The van der Waals surface area contributed by atoms with Crippen molar-refractivity contribution in [1.29, 1.82) is 5.26 Å². The Hall–Kier alpha value is -1.63. The van der Waals surface area contributed by atoms with E-state index < -0.39 is 5.41 Å². The molecule has 0 saturated heterocycles. The van der Waals surface area contributed by atoms with E-state index in [1.54, 1.807) is 4.68 Å². The van der Waals surface area contributed by atoms with Gasteiger partial charge in [0.05, 0.1) is 17.2 Å². The van der Waals surface area contributed by atoms with Gasteiger partial charge in [0.2, 0.25) is 0 Å². The summed E-state index contributed by atoms with van der Waals surface area (Å²) in [6, 6.07) is 2.31. The fourth-order valence-electron chi connectivity index (χ4n) is 2.34. The van der Waals surface area contributed by atoms with Gasteiger partial charge in [-0.3, -0.25) is 9.48 Å². The predicted molar refractivity (Wildman–Crippen MR) is 63.4 cm³/mol. The first-order chi connectivity index (χ1) is 7.78. The molecule has 0 aliphatic heterocycles.